The van der Waals surface area contributed by atoms with Crippen LogP contribution in [0.15, 0.2) is 51.0 Å². The van der Waals surface area contributed by atoms with Crippen LogP contribution in [0.25, 0.3) is 16.9 Å². The molecule has 0 N–H and O–H groups in total. The van der Waals surface area contributed by atoms with E-state index in [2.05, 4.69) is 31.3 Å². The van der Waals surface area contributed by atoms with Gasteiger partial charge in [-0.25, -0.2) is 18.6 Å². The SMILES string of the molecule is Cn1nnn(-c2ccccc2COc2nc(-c3cc(F)c(Br)cc3F)cs2)c1=O. The van der Waals surface area contributed by atoms with Gasteiger partial charge in [-0.2, -0.15) is 9.36 Å². The van der Waals surface area contributed by atoms with E-state index in [9.17, 15) is 13.6 Å². The highest BCUT2D eigenvalue weighted by molar-refractivity contribution is 9.10. The van der Waals surface area contributed by atoms with E-state index in [4.69, 9.17) is 4.74 Å². The maximum atomic E-state index is 14.1. The highest BCUT2D eigenvalue weighted by Crippen LogP contribution is 2.31. The van der Waals surface area contributed by atoms with Crippen molar-refractivity contribution in [3.8, 4) is 22.1 Å². The van der Waals surface area contributed by atoms with Crippen molar-refractivity contribution in [1.29, 1.82) is 0 Å². The molecule has 0 aliphatic heterocycles. The number of hydrogen-bond acceptors (Lipinski definition) is 6. The molecule has 0 unspecified atom stereocenters. The summed E-state index contributed by atoms with van der Waals surface area (Å²) in [4.78, 5) is 16.3. The number of benzene rings is 2. The molecule has 0 atom stereocenters. The first kappa shape index (κ1) is 19.4. The number of nitrogens with zero attached hydrogens (tertiary/aromatic N) is 5. The Kier molecular flexibility index (Phi) is 5.24. The molecular weight excluding hydrogens is 468 g/mol. The quantitative estimate of drug-likeness (QED) is 0.408. The molecule has 148 valence electrons. The number of tetrazole rings is 1. The summed E-state index contributed by atoms with van der Waals surface area (Å²) in [5.74, 6) is -1.18. The second-order valence-corrected chi connectivity index (χ2v) is 7.63. The Labute approximate surface area is 175 Å². The number of halogens is 3. The molecule has 4 aromatic rings. The summed E-state index contributed by atoms with van der Waals surface area (Å²) in [5, 5.41) is 9.41. The highest BCUT2D eigenvalue weighted by atomic mass is 79.9. The van der Waals surface area contributed by atoms with Gasteiger partial charge in [-0.15, -0.1) is 0 Å². The van der Waals surface area contributed by atoms with E-state index in [1.54, 1.807) is 29.6 Å². The molecule has 11 heteroatoms. The highest BCUT2D eigenvalue weighted by Gasteiger charge is 2.15. The molecule has 29 heavy (non-hydrogen) atoms. The summed E-state index contributed by atoms with van der Waals surface area (Å²) in [6.45, 7) is 0.101. The van der Waals surface area contributed by atoms with Crippen molar-refractivity contribution in [3.63, 3.8) is 0 Å². The third-order valence-corrected chi connectivity index (χ3v) is 5.42. The molecule has 0 saturated heterocycles. The van der Waals surface area contributed by atoms with Crippen molar-refractivity contribution in [2.45, 2.75) is 6.61 Å². The average Bonchev–Trinajstić information content (AvgIpc) is 3.30. The first-order chi connectivity index (χ1) is 13.9. The molecular formula is C18H12BrF2N5O2S. The van der Waals surface area contributed by atoms with Crippen LogP contribution in [0, 0.1) is 11.6 Å². The monoisotopic (exact) mass is 479 g/mol. The summed E-state index contributed by atoms with van der Waals surface area (Å²) < 4.78 is 35.9. The van der Waals surface area contributed by atoms with Crippen LogP contribution >= 0.6 is 27.3 Å². The minimum absolute atomic E-state index is 0.0429. The smallest absolute Gasteiger partial charge is 0.368 e. The topological polar surface area (TPSA) is 74.8 Å². The molecule has 2 aromatic heterocycles. The first-order valence-corrected chi connectivity index (χ1v) is 9.92. The van der Waals surface area contributed by atoms with Gasteiger partial charge in [0.05, 0.1) is 15.9 Å². The molecule has 0 aliphatic rings. The Morgan fingerprint density at radius 1 is 1.17 bits per heavy atom. The molecule has 0 aliphatic carbocycles. The number of aromatic nitrogens is 5. The molecule has 0 bridgehead atoms. The third kappa shape index (κ3) is 3.83. The Bertz CT molecular complexity index is 1250. The van der Waals surface area contributed by atoms with Crippen molar-refractivity contribution in [1.82, 2.24) is 24.8 Å². The van der Waals surface area contributed by atoms with Crippen LogP contribution in [0.1, 0.15) is 5.56 Å². The van der Waals surface area contributed by atoms with Gasteiger partial charge in [-0.1, -0.05) is 29.5 Å². The summed E-state index contributed by atoms with van der Waals surface area (Å²) in [7, 11) is 1.51. The molecule has 2 heterocycles. The number of rotatable bonds is 5. The molecule has 0 fully saturated rings. The van der Waals surface area contributed by atoms with Gasteiger partial charge < -0.3 is 4.74 Å². The fourth-order valence-electron chi connectivity index (χ4n) is 2.61. The van der Waals surface area contributed by atoms with Crippen LogP contribution in [-0.2, 0) is 13.7 Å². The zero-order valence-corrected chi connectivity index (χ0v) is 17.2. The zero-order valence-electron chi connectivity index (χ0n) is 14.8. The number of hydrogen-bond donors (Lipinski definition) is 0. The first-order valence-electron chi connectivity index (χ1n) is 8.24. The van der Waals surface area contributed by atoms with E-state index in [1.807, 2.05) is 0 Å². The predicted octanol–water partition coefficient (Wildman–Crippen LogP) is 3.71. The van der Waals surface area contributed by atoms with E-state index in [0.29, 0.717) is 11.3 Å². The van der Waals surface area contributed by atoms with E-state index in [1.165, 1.54) is 11.7 Å². The Hall–Kier alpha value is -2.92. The van der Waals surface area contributed by atoms with E-state index < -0.39 is 11.6 Å². The molecule has 0 radical (unpaired) electrons. The fourth-order valence-corrected chi connectivity index (χ4v) is 3.60. The van der Waals surface area contributed by atoms with Gasteiger partial charge >= 0.3 is 5.69 Å². The minimum atomic E-state index is -0.595. The van der Waals surface area contributed by atoms with Crippen LogP contribution in [0.4, 0.5) is 8.78 Å². The number of aryl methyl sites for hydroxylation is 1. The van der Waals surface area contributed by atoms with Crippen molar-refractivity contribution >= 4 is 27.3 Å². The maximum Gasteiger partial charge on any atom is 0.368 e. The molecule has 2 aromatic carbocycles. The van der Waals surface area contributed by atoms with Crippen molar-refractivity contribution < 1.29 is 13.5 Å². The lowest BCUT2D eigenvalue weighted by Gasteiger charge is -2.08. The average molecular weight is 480 g/mol. The third-order valence-electron chi connectivity index (χ3n) is 4.06. The fraction of sp³-hybridized carbons (Fsp3) is 0.111. The molecule has 4 rings (SSSR count). The number of thiazole rings is 1. The Morgan fingerprint density at radius 2 is 1.97 bits per heavy atom. The van der Waals surface area contributed by atoms with Gasteiger partial charge in [0.25, 0.3) is 5.19 Å². The van der Waals surface area contributed by atoms with E-state index in [0.717, 1.165) is 28.2 Å². The number of ether oxygens (including phenoxy) is 1. The summed E-state index contributed by atoms with van der Waals surface area (Å²) in [5.41, 5.74) is 1.15. The van der Waals surface area contributed by atoms with Crippen molar-refractivity contribution in [2.75, 3.05) is 0 Å². The van der Waals surface area contributed by atoms with Gasteiger partial charge in [0, 0.05) is 23.6 Å². The Morgan fingerprint density at radius 3 is 2.72 bits per heavy atom. The van der Waals surface area contributed by atoms with Gasteiger partial charge in [0.15, 0.2) is 0 Å². The van der Waals surface area contributed by atoms with Crippen LogP contribution in [0.3, 0.4) is 0 Å². The maximum absolute atomic E-state index is 14.1. The lowest BCUT2D eigenvalue weighted by atomic mass is 10.1. The van der Waals surface area contributed by atoms with Crippen LogP contribution in [0.2, 0.25) is 0 Å². The van der Waals surface area contributed by atoms with Crippen LogP contribution < -0.4 is 10.4 Å². The van der Waals surface area contributed by atoms with Crippen LogP contribution in [0.5, 0.6) is 5.19 Å². The predicted molar refractivity (Wildman–Crippen MR) is 106 cm³/mol. The van der Waals surface area contributed by atoms with Gasteiger partial charge in [0.2, 0.25) is 0 Å². The van der Waals surface area contributed by atoms with Crippen molar-refractivity contribution in [2.24, 2.45) is 7.05 Å². The lowest BCUT2D eigenvalue weighted by Crippen LogP contribution is -2.23. The summed E-state index contributed by atoms with van der Waals surface area (Å²) in [6, 6.07) is 9.22. The number of para-hydroxylation sites is 1. The Balaban J connectivity index is 1.57. The molecule has 0 amide bonds. The van der Waals surface area contributed by atoms with E-state index in [-0.39, 0.29) is 33.2 Å². The zero-order chi connectivity index (χ0) is 20.5. The largest absolute Gasteiger partial charge is 0.465 e. The van der Waals surface area contributed by atoms with Gasteiger partial charge in [0.1, 0.15) is 18.2 Å². The second-order valence-electron chi connectivity index (χ2n) is 5.96. The molecule has 0 spiro atoms. The minimum Gasteiger partial charge on any atom is -0.465 e. The van der Waals surface area contributed by atoms with E-state index >= 15 is 0 Å². The van der Waals surface area contributed by atoms with Crippen molar-refractivity contribution in [3.05, 3.63) is 73.9 Å². The molecule has 7 nitrogen and oxygen atoms in total. The van der Waals surface area contributed by atoms with Gasteiger partial charge in [-0.05, 0) is 44.6 Å². The normalized spacial score (nSPS) is 11.0. The molecule has 0 saturated carbocycles. The standard InChI is InChI=1S/C18H12BrF2N5O2S/c1-25-18(27)26(24-23-25)16-5-3-2-4-10(16)8-28-17-22-15(9-29-17)11-6-14(21)12(19)7-13(11)20/h2-7,9H,8H2,1H3. The van der Waals surface area contributed by atoms with Gasteiger partial charge in [-0.3, -0.25) is 0 Å². The summed E-state index contributed by atoms with van der Waals surface area (Å²) >= 11 is 4.10. The summed E-state index contributed by atoms with van der Waals surface area (Å²) in [6.07, 6.45) is 0. The van der Waals surface area contributed by atoms with Crippen LogP contribution in [-0.4, -0.2) is 24.8 Å². The second kappa shape index (κ2) is 7.84. The lowest BCUT2D eigenvalue weighted by molar-refractivity contribution is 0.304.